The van der Waals surface area contributed by atoms with Crippen LogP contribution in [0.25, 0.3) is 0 Å². The second-order valence-electron chi connectivity index (χ2n) is 3.99. The molecule has 0 radical (unpaired) electrons. The van der Waals surface area contributed by atoms with Gasteiger partial charge >= 0.3 is 0 Å². The zero-order chi connectivity index (χ0) is 15.2. The lowest BCUT2D eigenvalue weighted by Crippen LogP contribution is -2.32. The highest BCUT2D eigenvalue weighted by atomic mass is 35.5. The van der Waals surface area contributed by atoms with Crippen molar-refractivity contribution >= 4 is 39.7 Å². The Labute approximate surface area is 134 Å². The number of nitrogens with one attached hydrogen (secondary N) is 2. The Kier molecular flexibility index (Phi) is 8.76. The first-order valence-corrected chi connectivity index (χ1v) is 7.89. The minimum atomic E-state index is -4.02. The molecular formula is C11H17Cl2N3O4S. The maximum absolute atomic E-state index is 12.1. The molecule has 1 rings (SSSR count). The second-order valence-corrected chi connectivity index (χ2v) is 6.10. The van der Waals surface area contributed by atoms with Crippen LogP contribution in [0, 0.1) is 10.1 Å². The summed E-state index contributed by atoms with van der Waals surface area (Å²) in [5.74, 6) is 0. The van der Waals surface area contributed by atoms with Crippen molar-refractivity contribution in [3.8, 4) is 0 Å². The number of sulfonamides is 1. The molecule has 0 saturated heterocycles. The van der Waals surface area contributed by atoms with Gasteiger partial charge < -0.3 is 5.32 Å². The summed E-state index contributed by atoms with van der Waals surface area (Å²) in [6.45, 7) is 3.33. The SMILES string of the molecule is CCCNCCNS(=O)(=O)c1c(Cl)cccc1[N+](=O)[O-].Cl. The molecule has 10 heteroatoms. The van der Waals surface area contributed by atoms with E-state index < -0.39 is 25.5 Å². The highest BCUT2D eigenvalue weighted by Crippen LogP contribution is 2.30. The van der Waals surface area contributed by atoms with E-state index in [-0.39, 0.29) is 24.0 Å². The second kappa shape index (κ2) is 9.16. The third-order valence-corrected chi connectivity index (χ3v) is 4.41. The van der Waals surface area contributed by atoms with Crippen molar-refractivity contribution in [3.63, 3.8) is 0 Å². The number of benzene rings is 1. The van der Waals surface area contributed by atoms with E-state index in [1.54, 1.807) is 0 Å². The number of hydrogen-bond acceptors (Lipinski definition) is 5. The Bertz CT molecular complexity index is 581. The fraction of sp³-hybridized carbons (Fsp3) is 0.455. The average molecular weight is 358 g/mol. The number of nitrogens with zero attached hydrogens (tertiary/aromatic N) is 1. The maximum atomic E-state index is 12.1. The fourth-order valence-corrected chi connectivity index (χ4v) is 3.29. The minimum absolute atomic E-state index is 0. The molecule has 120 valence electrons. The molecule has 0 aliphatic heterocycles. The Morgan fingerprint density at radius 2 is 1.95 bits per heavy atom. The van der Waals surface area contributed by atoms with Crippen LogP contribution < -0.4 is 10.0 Å². The summed E-state index contributed by atoms with van der Waals surface area (Å²) in [4.78, 5) is 9.61. The van der Waals surface area contributed by atoms with Crippen molar-refractivity contribution in [3.05, 3.63) is 33.3 Å². The van der Waals surface area contributed by atoms with Crippen molar-refractivity contribution in [1.29, 1.82) is 0 Å². The number of nitro benzene ring substituents is 1. The van der Waals surface area contributed by atoms with Crippen LogP contribution in [0.1, 0.15) is 13.3 Å². The first-order valence-electron chi connectivity index (χ1n) is 6.03. The van der Waals surface area contributed by atoms with Gasteiger partial charge in [-0.1, -0.05) is 24.6 Å². The quantitative estimate of drug-likeness (QED) is 0.420. The van der Waals surface area contributed by atoms with Gasteiger partial charge in [-0.3, -0.25) is 10.1 Å². The third-order valence-electron chi connectivity index (χ3n) is 2.43. The Morgan fingerprint density at radius 1 is 1.29 bits per heavy atom. The largest absolute Gasteiger partial charge is 0.315 e. The highest BCUT2D eigenvalue weighted by Gasteiger charge is 2.28. The van der Waals surface area contributed by atoms with Crippen molar-refractivity contribution in [1.82, 2.24) is 10.0 Å². The first-order chi connectivity index (χ1) is 9.40. The predicted octanol–water partition coefficient (Wildman–Crippen LogP) is 1.95. The summed E-state index contributed by atoms with van der Waals surface area (Å²) in [6.07, 6.45) is 0.933. The summed E-state index contributed by atoms with van der Waals surface area (Å²) in [5, 5.41) is 13.7. The van der Waals surface area contributed by atoms with Gasteiger partial charge in [0.25, 0.3) is 5.69 Å². The molecule has 0 amide bonds. The molecule has 7 nitrogen and oxygen atoms in total. The molecule has 1 aromatic rings. The van der Waals surface area contributed by atoms with Gasteiger partial charge in [0, 0.05) is 19.2 Å². The van der Waals surface area contributed by atoms with Crippen molar-refractivity contribution in [2.24, 2.45) is 0 Å². The Balaban J connectivity index is 0.00000400. The lowest BCUT2D eigenvalue weighted by molar-refractivity contribution is -0.387. The summed E-state index contributed by atoms with van der Waals surface area (Å²) < 4.78 is 26.5. The lowest BCUT2D eigenvalue weighted by atomic mass is 10.3. The van der Waals surface area contributed by atoms with Gasteiger partial charge in [-0.25, -0.2) is 13.1 Å². The molecule has 0 fully saturated rings. The number of rotatable bonds is 8. The molecule has 0 saturated carbocycles. The standard InChI is InChI=1S/C11H16ClN3O4S.ClH/c1-2-6-13-7-8-14-20(18,19)11-9(12)4-3-5-10(11)15(16)17;/h3-5,13-14H,2,6-8H2,1H3;1H. The monoisotopic (exact) mass is 357 g/mol. The molecule has 1 aromatic carbocycles. The maximum Gasteiger partial charge on any atom is 0.290 e. The van der Waals surface area contributed by atoms with E-state index in [0.717, 1.165) is 19.0 Å². The van der Waals surface area contributed by atoms with Crippen LogP contribution in [0.3, 0.4) is 0 Å². The molecule has 0 atom stereocenters. The van der Waals surface area contributed by atoms with Crippen molar-refractivity contribution < 1.29 is 13.3 Å². The molecule has 0 aromatic heterocycles. The van der Waals surface area contributed by atoms with Gasteiger partial charge in [-0.05, 0) is 19.0 Å². The predicted molar refractivity (Wildman–Crippen MR) is 83.7 cm³/mol. The van der Waals surface area contributed by atoms with E-state index in [1.807, 2.05) is 6.92 Å². The van der Waals surface area contributed by atoms with Crippen molar-refractivity contribution in [2.75, 3.05) is 19.6 Å². The van der Waals surface area contributed by atoms with E-state index in [4.69, 9.17) is 11.6 Å². The molecule has 0 bridgehead atoms. The van der Waals surface area contributed by atoms with Gasteiger partial charge in [0.15, 0.2) is 4.90 Å². The van der Waals surface area contributed by atoms with Crippen LogP contribution in [-0.2, 0) is 10.0 Å². The van der Waals surface area contributed by atoms with Crippen LogP contribution >= 0.6 is 24.0 Å². The van der Waals surface area contributed by atoms with Crippen LogP contribution in [0.5, 0.6) is 0 Å². The van der Waals surface area contributed by atoms with E-state index in [2.05, 4.69) is 10.0 Å². The molecular weight excluding hydrogens is 341 g/mol. The molecule has 0 heterocycles. The molecule has 21 heavy (non-hydrogen) atoms. The van der Waals surface area contributed by atoms with Crippen molar-refractivity contribution in [2.45, 2.75) is 18.2 Å². The number of halogens is 2. The highest BCUT2D eigenvalue weighted by molar-refractivity contribution is 7.89. The van der Waals surface area contributed by atoms with Gasteiger partial charge in [0.05, 0.1) is 9.95 Å². The Hall–Kier alpha value is -0.930. The van der Waals surface area contributed by atoms with E-state index in [0.29, 0.717) is 6.54 Å². The van der Waals surface area contributed by atoms with Gasteiger partial charge in [0.2, 0.25) is 10.0 Å². The molecule has 0 aliphatic carbocycles. The summed E-state index contributed by atoms with van der Waals surface area (Å²) in [7, 11) is -4.02. The first kappa shape index (κ1) is 20.1. The average Bonchev–Trinajstić information content (AvgIpc) is 2.37. The molecule has 2 N–H and O–H groups in total. The van der Waals surface area contributed by atoms with Gasteiger partial charge in [0.1, 0.15) is 0 Å². The van der Waals surface area contributed by atoms with E-state index in [1.165, 1.54) is 12.1 Å². The Morgan fingerprint density at radius 3 is 2.52 bits per heavy atom. The van der Waals surface area contributed by atoms with E-state index in [9.17, 15) is 18.5 Å². The smallest absolute Gasteiger partial charge is 0.290 e. The lowest BCUT2D eigenvalue weighted by Gasteiger charge is -2.09. The summed E-state index contributed by atoms with van der Waals surface area (Å²) in [6, 6.07) is 3.75. The van der Waals surface area contributed by atoms with Crippen LogP contribution in [-0.4, -0.2) is 33.0 Å². The normalized spacial score (nSPS) is 11.0. The van der Waals surface area contributed by atoms with Gasteiger partial charge in [-0.2, -0.15) is 0 Å². The number of hydrogen-bond donors (Lipinski definition) is 2. The molecule has 0 aliphatic rings. The zero-order valence-electron chi connectivity index (χ0n) is 11.3. The number of nitro groups is 1. The van der Waals surface area contributed by atoms with Gasteiger partial charge in [-0.15, -0.1) is 12.4 Å². The van der Waals surface area contributed by atoms with Crippen LogP contribution in [0.2, 0.25) is 5.02 Å². The fourth-order valence-electron chi connectivity index (χ4n) is 1.55. The summed E-state index contributed by atoms with van der Waals surface area (Å²) >= 11 is 5.78. The minimum Gasteiger partial charge on any atom is -0.315 e. The molecule has 0 unspecified atom stereocenters. The third kappa shape index (κ3) is 5.76. The van der Waals surface area contributed by atoms with E-state index >= 15 is 0 Å². The topological polar surface area (TPSA) is 101 Å². The van der Waals surface area contributed by atoms with Crippen LogP contribution in [0.15, 0.2) is 23.1 Å². The molecule has 0 spiro atoms. The summed E-state index contributed by atoms with van der Waals surface area (Å²) in [5.41, 5.74) is -0.536. The van der Waals surface area contributed by atoms with Crippen LogP contribution in [0.4, 0.5) is 5.69 Å². The zero-order valence-corrected chi connectivity index (χ0v) is 13.7.